The van der Waals surface area contributed by atoms with E-state index in [0.29, 0.717) is 12.1 Å². The molecule has 0 saturated carbocycles. The number of aliphatic carboxylic acids is 1. The molecule has 2 atom stereocenters. The molecule has 27 heavy (non-hydrogen) atoms. The van der Waals surface area contributed by atoms with Crippen molar-refractivity contribution in [2.45, 2.75) is 37.2 Å². The molecule has 1 aliphatic rings. The first-order valence-electron chi connectivity index (χ1n) is 8.48. The largest absolute Gasteiger partial charge is 0.480 e. The monoisotopic (exact) mass is 388 g/mol. The number of benzene rings is 2. The molecular formula is C19H20N2O5S. The van der Waals surface area contributed by atoms with Crippen LogP contribution in [0.1, 0.15) is 29.8 Å². The van der Waals surface area contributed by atoms with Gasteiger partial charge < -0.3 is 10.4 Å². The van der Waals surface area contributed by atoms with Crippen molar-refractivity contribution in [3.8, 4) is 0 Å². The number of carboxylic acids is 1. The molecule has 1 heterocycles. The van der Waals surface area contributed by atoms with Crippen molar-refractivity contribution in [1.29, 1.82) is 0 Å². The first-order chi connectivity index (χ1) is 12.7. The van der Waals surface area contributed by atoms with E-state index in [0.717, 1.165) is 5.56 Å². The Labute approximate surface area is 157 Å². The van der Waals surface area contributed by atoms with Gasteiger partial charge >= 0.3 is 5.97 Å². The third kappa shape index (κ3) is 3.52. The first-order valence-corrected chi connectivity index (χ1v) is 9.92. The third-order valence-corrected chi connectivity index (χ3v) is 6.44. The van der Waals surface area contributed by atoms with Gasteiger partial charge in [0.15, 0.2) is 0 Å². The summed E-state index contributed by atoms with van der Waals surface area (Å²) in [6.07, 6.45) is 0.617. The highest BCUT2D eigenvalue weighted by atomic mass is 32.2. The number of rotatable bonds is 5. The maximum absolute atomic E-state index is 13.2. The number of carbonyl (C=O) groups is 2. The van der Waals surface area contributed by atoms with Crippen LogP contribution < -0.4 is 9.62 Å². The van der Waals surface area contributed by atoms with Crippen LogP contribution in [0, 0.1) is 0 Å². The minimum absolute atomic E-state index is 0.0123. The maximum atomic E-state index is 13.2. The lowest BCUT2D eigenvalue weighted by Crippen LogP contribution is -2.38. The number of nitrogens with one attached hydrogen (secondary N) is 1. The number of amides is 1. The molecule has 0 radical (unpaired) electrons. The van der Waals surface area contributed by atoms with Crippen LogP contribution in [-0.4, -0.2) is 37.5 Å². The smallest absolute Gasteiger partial charge is 0.325 e. The normalized spacial score (nSPS) is 17.3. The molecular weight excluding hydrogens is 368 g/mol. The number of para-hydroxylation sites is 1. The van der Waals surface area contributed by atoms with Crippen LogP contribution in [0.3, 0.4) is 0 Å². The Hall–Kier alpha value is -2.87. The molecule has 0 aromatic heterocycles. The van der Waals surface area contributed by atoms with Crippen LogP contribution in [0.15, 0.2) is 53.4 Å². The second-order valence-corrected chi connectivity index (χ2v) is 8.36. The van der Waals surface area contributed by atoms with Gasteiger partial charge in [0.1, 0.15) is 6.04 Å². The zero-order chi connectivity index (χ0) is 19.8. The summed E-state index contributed by atoms with van der Waals surface area (Å²) < 4.78 is 27.8. The molecule has 2 unspecified atom stereocenters. The third-order valence-electron chi connectivity index (χ3n) is 4.52. The Bertz CT molecular complexity index is 1000. The lowest BCUT2D eigenvalue weighted by atomic mass is 10.1. The van der Waals surface area contributed by atoms with E-state index in [1.807, 2.05) is 19.1 Å². The van der Waals surface area contributed by atoms with Gasteiger partial charge in [-0.2, -0.15) is 0 Å². The molecule has 8 heteroatoms. The summed E-state index contributed by atoms with van der Waals surface area (Å²) in [5.74, 6) is -1.81. The molecule has 2 aromatic rings. The van der Waals surface area contributed by atoms with Crippen molar-refractivity contribution in [3.05, 3.63) is 59.7 Å². The lowest BCUT2D eigenvalue weighted by Gasteiger charge is -2.24. The SMILES string of the molecule is CC(NC(=O)c1cccc(S(=O)(=O)N2c3ccccc3CC2C)c1)C(=O)O. The molecule has 0 aliphatic carbocycles. The predicted molar refractivity (Wildman–Crippen MR) is 100 cm³/mol. The van der Waals surface area contributed by atoms with Crippen molar-refractivity contribution >= 4 is 27.6 Å². The highest BCUT2D eigenvalue weighted by Gasteiger charge is 2.36. The number of sulfonamides is 1. The fourth-order valence-electron chi connectivity index (χ4n) is 3.16. The van der Waals surface area contributed by atoms with Gasteiger partial charge in [0.05, 0.1) is 10.6 Å². The quantitative estimate of drug-likeness (QED) is 0.816. The van der Waals surface area contributed by atoms with Gasteiger partial charge in [-0.1, -0.05) is 24.3 Å². The fourth-order valence-corrected chi connectivity index (χ4v) is 4.90. The number of hydrogen-bond donors (Lipinski definition) is 2. The van der Waals surface area contributed by atoms with Crippen LogP contribution in [0.5, 0.6) is 0 Å². The van der Waals surface area contributed by atoms with Crippen molar-refractivity contribution in [3.63, 3.8) is 0 Å². The Morgan fingerprint density at radius 1 is 1.19 bits per heavy atom. The Morgan fingerprint density at radius 2 is 1.89 bits per heavy atom. The summed E-state index contributed by atoms with van der Waals surface area (Å²) in [4.78, 5) is 23.1. The fraction of sp³-hybridized carbons (Fsp3) is 0.263. The van der Waals surface area contributed by atoms with Gasteiger partial charge in [0, 0.05) is 11.6 Å². The second-order valence-electron chi connectivity index (χ2n) is 6.54. The molecule has 2 N–H and O–H groups in total. The molecule has 7 nitrogen and oxygen atoms in total. The number of anilines is 1. The molecule has 0 fully saturated rings. The van der Waals surface area contributed by atoms with Crippen molar-refractivity contribution in [2.24, 2.45) is 0 Å². The van der Waals surface area contributed by atoms with E-state index >= 15 is 0 Å². The Balaban J connectivity index is 1.95. The van der Waals surface area contributed by atoms with Gasteiger partial charge in [0.25, 0.3) is 15.9 Å². The number of fused-ring (bicyclic) bond motifs is 1. The Morgan fingerprint density at radius 3 is 2.59 bits per heavy atom. The molecule has 0 spiro atoms. The molecule has 0 saturated heterocycles. The summed E-state index contributed by atoms with van der Waals surface area (Å²) in [7, 11) is -3.87. The van der Waals surface area contributed by atoms with E-state index in [4.69, 9.17) is 5.11 Å². The lowest BCUT2D eigenvalue weighted by molar-refractivity contribution is -0.138. The van der Waals surface area contributed by atoms with Crippen molar-refractivity contribution < 1.29 is 23.1 Å². The van der Waals surface area contributed by atoms with Crippen molar-refractivity contribution in [2.75, 3.05) is 4.31 Å². The highest BCUT2D eigenvalue weighted by molar-refractivity contribution is 7.92. The number of hydrogen-bond acceptors (Lipinski definition) is 4. The van der Waals surface area contributed by atoms with Gasteiger partial charge in [-0.3, -0.25) is 13.9 Å². The van der Waals surface area contributed by atoms with Crippen molar-refractivity contribution in [1.82, 2.24) is 5.32 Å². The van der Waals surface area contributed by atoms with Crippen LogP contribution >= 0.6 is 0 Å². The summed E-state index contributed by atoms with van der Waals surface area (Å²) in [6.45, 7) is 3.17. The summed E-state index contributed by atoms with van der Waals surface area (Å²) in [5, 5.41) is 11.2. The summed E-state index contributed by atoms with van der Waals surface area (Å²) >= 11 is 0. The highest BCUT2D eigenvalue weighted by Crippen LogP contribution is 2.36. The minimum atomic E-state index is -3.87. The van der Waals surface area contributed by atoms with Gasteiger partial charge in [-0.05, 0) is 50.1 Å². The maximum Gasteiger partial charge on any atom is 0.325 e. The van der Waals surface area contributed by atoms with Crippen LogP contribution in [0.25, 0.3) is 0 Å². The average Bonchev–Trinajstić information content (AvgIpc) is 2.98. The van der Waals surface area contributed by atoms with E-state index in [9.17, 15) is 18.0 Å². The number of nitrogens with zero attached hydrogens (tertiary/aromatic N) is 1. The van der Waals surface area contributed by atoms with Crippen LogP contribution in [0.4, 0.5) is 5.69 Å². The predicted octanol–water partition coefficient (Wildman–Crippen LogP) is 2.03. The summed E-state index contributed by atoms with van der Waals surface area (Å²) in [5.41, 5.74) is 1.68. The van der Waals surface area contributed by atoms with E-state index in [2.05, 4.69) is 5.32 Å². The van der Waals surface area contributed by atoms with E-state index in [1.54, 1.807) is 12.1 Å². The molecule has 2 aromatic carbocycles. The molecule has 142 valence electrons. The van der Waals surface area contributed by atoms with Crippen LogP contribution in [-0.2, 0) is 21.2 Å². The van der Waals surface area contributed by atoms with Crippen LogP contribution in [0.2, 0.25) is 0 Å². The zero-order valence-corrected chi connectivity index (χ0v) is 15.7. The average molecular weight is 388 g/mol. The van der Waals surface area contributed by atoms with Gasteiger partial charge in [-0.15, -0.1) is 0 Å². The topological polar surface area (TPSA) is 104 Å². The van der Waals surface area contributed by atoms with Gasteiger partial charge in [0.2, 0.25) is 0 Å². The number of carboxylic acid groups (broad SMARTS) is 1. The summed E-state index contributed by atoms with van der Waals surface area (Å²) in [6, 6.07) is 11.6. The Kier molecular flexibility index (Phi) is 4.93. The van der Waals surface area contributed by atoms with Gasteiger partial charge in [-0.25, -0.2) is 8.42 Å². The standard InChI is InChI=1S/C19H20N2O5S/c1-12-10-14-6-3-4-9-17(14)21(12)27(25,26)16-8-5-7-15(11-16)18(22)20-13(2)19(23)24/h3-9,11-13H,10H2,1-2H3,(H,20,22)(H,23,24). The number of carbonyl (C=O) groups excluding carboxylic acids is 1. The first kappa shape index (κ1) is 18.9. The second kappa shape index (κ2) is 7.03. The molecule has 3 rings (SSSR count). The minimum Gasteiger partial charge on any atom is -0.480 e. The molecule has 1 amide bonds. The molecule has 1 aliphatic heterocycles. The van der Waals surface area contributed by atoms with E-state index in [1.165, 1.54) is 35.5 Å². The zero-order valence-electron chi connectivity index (χ0n) is 14.9. The van der Waals surface area contributed by atoms with E-state index in [-0.39, 0.29) is 16.5 Å². The van der Waals surface area contributed by atoms with E-state index < -0.39 is 27.9 Å². The molecule has 0 bridgehead atoms.